The second-order valence-electron chi connectivity index (χ2n) is 1.81. The first-order valence-electron chi connectivity index (χ1n) is 2.69. The smallest absolute Gasteiger partial charge is 1.00 e. The second kappa shape index (κ2) is 4.49. The molecule has 0 spiro atoms. The Morgan fingerprint density at radius 1 is 1.36 bits per heavy atom. The van der Waals surface area contributed by atoms with Crippen LogP contribution >= 0.6 is 0 Å². The number of carboxylic acid groups (broad SMARTS) is 1. The van der Waals surface area contributed by atoms with Crippen LogP contribution in [0.15, 0.2) is 24.3 Å². The fourth-order valence-corrected chi connectivity index (χ4v) is 0.592. The summed E-state index contributed by atoms with van der Waals surface area (Å²) in [5.41, 5.74) is 0.0985. The predicted molar refractivity (Wildman–Crippen MR) is 34.5 cm³/mol. The minimum absolute atomic E-state index is 0. The van der Waals surface area contributed by atoms with Crippen LogP contribution in [0.5, 0.6) is 0 Å². The van der Waals surface area contributed by atoms with Crippen molar-refractivity contribution in [3.8, 4) is 0 Å². The van der Waals surface area contributed by atoms with Gasteiger partial charge in [0, 0.05) is 0 Å². The minimum Gasteiger partial charge on any atom is -1.00 e. The van der Waals surface area contributed by atoms with Gasteiger partial charge in [0.2, 0.25) is 0 Å². The second-order valence-corrected chi connectivity index (χ2v) is 1.81. The van der Waals surface area contributed by atoms with E-state index >= 15 is 0 Å². The quantitative estimate of drug-likeness (QED) is 0.520. The Morgan fingerprint density at radius 2 is 1.82 bits per heavy atom. The summed E-state index contributed by atoms with van der Waals surface area (Å²) >= 11 is 0. The molecule has 0 aliphatic rings. The Labute approximate surface area is 86.8 Å². The molecular formula is C7H6FNaO2. The largest absolute Gasteiger partial charge is 1.00 e. The normalized spacial score (nSPS) is 8.45. The molecule has 1 N–H and O–H groups in total. The monoisotopic (exact) mass is 164 g/mol. The maximum Gasteiger partial charge on any atom is 1.00 e. The average molecular weight is 164 g/mol. The SMILES string of the molecule is O=C(O)c1ccc(F)cc1.[H-].[Na+]. The molecule has 1 aromatic carbocycles. The third-order valence-electron chi connectivity index (χ3n) is 1.09. The summed E-state index contributed by atoms with van der Waals surface area (Å²) in [6, 6.07) is 4.67. The summed E-state index contributed by atoms with van der Waals surface area (Å²) in [5, 5.41) is 8.35. The molecule has 1 rings (SSSR count). The van der Waals surface area contributed by atoms with E-state index in [-0.39, 0.29) is 36.5 Å². The van der Waals surface area contributed by atoms with Crippen molar-refractivity contribution in [1.82, 2.24) is 0 Å². The van der Waals surface area contributed by atoms with Crippen molar-refractivity contribution in [2.75, 3.05) is 0 Å². The van der Waals surface area contributed by atoms with E-state index < -0.39 is 11.8 Å². The van der Waals surface area contributed by atoms with Crippen LogP contribution in [0.2, 0.25) is 0 Å². The van der Waals surface area contributed by atoms with Crippen LogP contribution < -0.4 is 29.6 Å². The molecule has 11 heavy (non-hydrogen) atoms. The molecule has 1 aromatic rings. The molecular weight excluding hydrogens is 158 g/mol. The number of benzene rings is 1. The molecule has 0 aliphatic heterocycles. The van der Waals surface area contributed by atoms with Crippen molar-refractivity contribution in [2.45, 2.75) is 0 Å². The van der Waals surface area contributed by atoms with E-state index in [4.69, 9.17) is 5.11 Å². The number of carboxylic acids is 1. The predicted octanol–water partition coefficient (Wildman–Crippen LogP) is -1.36. The maximum atomic E-state index is 12.2. The summed E-state index contributed by atoms with van der Waals surface area (Å²) < 4.78 is 12.2. The van der Waals surface area contributed by atoms with Gasteiger partial charge in [0.1, 0.15) is 5.82 Å². The van der Waals surface area contributed by atoms with Crippen LogP contribution in [0.4, 0.5) is 4.39 Å². The topological polar surface area (TPSA) is 37.3 Å². The molecule has 4 heteroatoms. The third-order valence-corrected chi connectivity index (χ3v) is 1.09. The van der Waals surface area contributed by atoms with Crippen molar-refractivity contribution in [3.05, 3.63) is 35.6 Å². The van der Waals surface area contributed by atoms with Gasteiger partial charge in [0.25, 0.3) is 0 Å². The molecule has 2 nitrogen and oxygen atoms in total. The van der Waals surface area contributed by atoms with E-state index in [1.807, 2.05) is 0 Å². The number of aromatic carboxylic acids is 1. The fourth-order valence-electron chi connectivity index (χ4n) is 0.592. The van der Waals surface area contributed by atoms with Gasteiger partial charge >= 0.3 is 35.5 Å². The Kier molecular flexibility index (Phi) is 4.33. The van der Waals surface area contributed by atoms with Crippen LogP contribution in [0.3, 0.4) is 0 Å². The van der Waals surface area contributed by atoms with Crippen molar-refractivity contribution in [2.24, 2.45) is 0 Å². The van der Waals surface area contributed by atoms with Crippen molar-refractivity contribution in [1.29, 1.82) is 0 Å². The van der Waals surface area contributed by atoms with Crippen LogP contribution in [0, 0.1) is 5.82 Å². The molecule has 0 radical (unpaired) electrons. The van der Waals surface area contributed by atoms with Gasteiger partial charge < -0.3 is 6.53 Å². The molecule has 0 saturated heterocycles. The van der Waals surface area contributed by atoms with Crippen molar-refractivity contribution in [3.63, 3.8) is 0 Å². The standard InChI is InChI=1S/C7H5FO2.Na.H/c8-6-3-1-5(2-4-6)7(9)10;;/h1-4H,(H,9,10);;/q;+1;-1. The van der Waals surface area contributed by atoms with E-state index in [1.54, 1.807) is 0 Å². The van der Waals surface area contributed by atoms with Gasteiger partial charge in [-0.2, -0.15) is 0 Å². The molecule has 0 aromatic heterocycles. The van der Waals surface area contributed by atoms with Crippen LogP contribution in [-0.4, -0.2) is 11.1 Å². The molecule has 0 aliphatic carbocycles. The zero-order valence-electron chi connectivity index (χ0n) is 7.04. The molecule has 54 valence electrons. The fraction of sp³-hybridized carbons (Fsp3) is 0. The van der Waals surface area contributed by atoms with E-state index in [1.165, 1.54) is 12.1 Å². The number of hydrogen-bond donors (Lipinski definition) is 1. The summed E-state index contributed by atoms with van der Waals surface area (Å²) in [6.07, 6.45) is 0. The number of carbonyl (C=O) groups is 1. The maximum absolute atomic E-state index is 12.2. The zero-order chi connectivity index (χ0) is 7.56. The first-order chi connectivity index (χ1) is 4.70. The molecule has 0 fully saturated rings. The van der Waals surface area contributed by atoms with E-state index in [0.717, 1.165) is 12.1 Å². The summed E-state index contributed by atoms with van der Waals surface area (Å²) in [7, 11) is 0. The van der Waals surface area contributed by atoms with Crippen LogP contribution in [0.1, 0.15) is 11.8 Å². The van der Waals surface area contributed by atoms with Gasteiger partial charge in [-0.3, -0.25) is 0 Å². The number of halogens is 1. The molecule has 0 heterocycles. The number of rotatable bonds is 1. The summed E-state index contributed by atoms with van der Waals surface area (Å²) in [5.74, 6) is -1.47. The molecule has 0 saturated carbocycles. The van der Waals surface area contributed by atoms with E-state index in [2.05, 4.69) is 0 Å². The summed E-state index contributed by atoms with van der Waals surface area (Å²) in [4.78, 5) is 10.2. The minimum atomic E-state index is -1.04. The van der Waals surface area contributed by atoms with Gasteiger partial charge in [-0.1, -0.05) is 0 Å². The third kappa shape index (κ3) is 3.01. The van der Waals surface area contributed by atoms with Crippen molar-refractivity contribution >= 4 is 5.97 Å². The van der Waals surface area contributed by atoms with E-state index in [9.17, 15) is 9.18 Å². The van der Waals surface area contributed by atoms with Gasteiger partial charge in [0.15, 0.2) is 0 Å². The number of hydrogen-bond acceptors (Lipinski definition) is 1. The van der Waals surface area contributed by atoms with Gasteiger partial charge in [-0.05, 0) is 24.3 Å². The molecule has 0 bridgehead atoms. The summed E-state index contributed by atoms with van der Waals surface area (Å²) in [6.45, 7) is 0. The van der Waals surface area contributed by atoms with Crippen LogP contribution in [0.25, 0.3) is 0 Å². The average Bonchev–Trinajstić information content (AvgIpc) is 1.88. The van der Waals surface area contributed by atoms with Crippen LogP contribution in [-0.2, 0) is 0 Å². The first-order valence-corrected chi connectivity index (χ1v) is 2.69. The molecule has 0 unspecified atom stereocenters. The first kappa shape index (κ1) is 10.6. The Bertz CT molecular complexity index is 250. The van der Waals surface area contributed by atoms with Crippen molar-refractivity contribution < 1.29 is 45.3 Å². The zero-order valence-corrected chi connectivity index (χ0v) is 8.04. The molecule has 0 atom stereocenters. The Morgan fingerprint density at radius 3 is 2.18 bits per heavy atom. The van der Waals surface area contributed by atoms with Gasteiger partial charge in [0.05, 0.1) is 5.56 Å². The molecule has 0 amide bonds. The Balaban J connectivity index is 0. The van der Waals surface area contributed by atoms with Gasteiger partial charge in [-0.15, -0.1) is 0 Å². The van der Waals surface area contributed by atoms with Gasteiger partial charge in [-0.25, -0.2) is 9.18 Å². The van der Waals surface area contributed by atoms with E-state index in [0.29, 0.717) is 0 Å². The Hall–Kier alpha value is -0.380.